The molecule has 1 saturated heterocycles. The molecular weight excluding hydrogens is 586 g/mol. The molecule has 5 heterocycles. The van der Waals surface area contributed by atoms with E-state index in [1.54, 1.807) is 12.3 Å². The van der Waals surface area contributed by atoms with E-state index >= 15 is 0 Å². The van der Waals surface area contributed by atoms with Gasteiger partial charge in [-0.05, 0) is 5.57 Å². The summed E-state index contributed by atoms with van der Waals surface area (Å²) < 4.78 is 7.53. The molecular formula is C22H19N7O8S3. The average molecular weight is 606 g/mol. The Kier molecular flexibility index (Phi) is 7.63. The van der Waals surface area contributed by atoms with Gasteiger partial charge in [0, 0.05) is 23.0 Å². The monoisotopic (exact) mass is 605 g/mol. The van der Waals surface area contributed by atoms with Crippen molar-refractivity contribution in [1.29, 1.82) is 0 Å². The van der Waals surface area contributed by atoms with Gasteiger partial charge in [-0.3, -0.25) is 14.5 Å². The number of aryl methyl sites for hydroxylation is 1. The van der Waals surface area contributed by atoms with Crippen LogP contribution in [0.25, 0.3) is 11.1 Å². The van der Waals surface area contributed by atoms with Crippen LogP contribution < -0.4 is 20.7 Å². The number of anilines is 1. The van der Waals surface area contributed by atoms with E-state index in [4.69, 9.17) is 20.1 Å². The molecule has 0 aromatic carbocycles. The zero-order valence-electron chi connectivity index (χ0n) is 20.4. The van der Waals surface area contributed by atoms with Crippen molar-refractivity contribution in [3.63, 3.8) is 0 Å². The number of carboxylic acid groups (broad SMARTS) is 2. The normalized spacial score (nSPS) is 18.9. The van der Waals surface area contributed by atoms with Gasteiger partial charge >= 0.3 is 5.97 Å². The highest BCUT2D eigenvalue weighted by atomic mass is 32.2. The third kappa shape index (κ3) is 5.45. The zero-order chi connectivity index (χ0) is 28.6. The molecule has 2 amide bonds. The number of nitrogens with two attached hydrogens (primary N) is 1. The van der Waals surface area contributed by atoms with Gasteiger partial charge in [-0.15, -0.1) is 23.1 Å². The van der Waals surface area contributed by atoms with Crippen LogP contribution in [0.2, 0.25) is 0 Å². The number of thiazole rings is 1. The summed E-state index contributed by atoms with van der Waals surface area (Å²) in [6.07, 6.45) is 3.60. The van der Waals surface area contributed by atoms with E-state index in [2.05, 4.69) is 20.4 Å². The highest BCUT2D eigenvalue weighted by Gasteiger charge is 2.53. The summed E-state index contributed by atoms with van der Waals surface area (Å²) in [4.78, 5) is 63.0. The number of rotatable bonds is 10. The van der Waals surface area contributed by atoms with Crippen LogP contribution in [0, 0.1) is 0 Å². The maximum Gasteiger partial charge on any atom is 0.344 e. The number of nitrogens with zero attached hydrogens (tertiary/aromatic N) is 5. The number of fused-ring (bicyclic) bond motifs is 2. The van der Waals surface area contributed by atoms with E-state index in [1.807, 2.05) is 17.8 Å². The second-order valence-corrected chi connectivity index (χ2v) is 11.3. The number of nitrogens with one attached hydrogen (secondary N) is 1. The van der Waals surface area contributed by atoms with Crippen molar-refractivity contribution in [1.82, 2.24) is 20.2 Å². The van der Waals surface area contributed by atoms with Crippen LogP contribution in [-0.4, -0.2) is 79.0 Å². The first-order chi connectivity index (χ1) is 19.1. The van der Waals surface area contributed by atoms with Crippen LogP contribution in [0.15, 0.2) is 49.9 Å². The lowest BCUT2D eigenvalue weighted by Gasteiger charge is -2.50. The summed E-state index contributed by atoms with van der Waals surface area (Å²) in [5.41, 5.74) is 6.67. The molecule has 0 aliphatic carbocycles. The van der Waals surface area contributed by atoms with E-state index in [9.17, 15) is 24.3 Å². The molecule has 5 rings (SSSR count). The van der Waals surface area contributed by atoms with Crippen LogP contribution in [0.3, 0.4) is 0 Å². The molecule has 0 spiro atoms. The number of amides is 2. The molecule has 0 saturated carbocycles. The predicted molar refractivity (Wildman–Crippen MR) is 140 cm³/mol. The van der Waals surface area contributed by atoms with Crippen molar-refractivity contribution in [3.8, 4) is 0 Å². The number of aliphatic carboxylic acids is 2. The summed E-state index contributed by atoms with van der Waals surface area (Å²) in [6, 6.07) is 0.684. The van der Waals surface area contributed by atoms with Gasteiger partial charge < -0.3 is 35.3 Å². The fourth-order valence-corrected chi connectivity index (χ4v) is 6.78. The Morgan fingerprint density at radius 3 is 2.92 bits per heavy atom. The Morgan fingerprint density at radius 2 is 2.23 bits per heavy atom. The van der Waals surface area contributed by atoms with Gasteiger partial charge in [0.15, 0.2) is 34.3 Å². The van der Waals surface area contributed by atoms with E-state index in [1.165, 1.54) is 28.9 Å². The smallest absolute Gasteiger partial charge is 0.344 e. The third-order valence-corrected chi connectivity index (χ3v) is 8.60. The number of pyridine rings is 1. The van der Waals surface area contributed by atoms with Gasteiger partial charge in [0.05, 0.1) is 11.7 Å². The summed E-state index contributed by atoms with van der Waals surface area (Å²) >= 11 is 3.47. The average Bonchev–Trinajstić information content (AvgIpc) is 3.52. The topological polar surface area (TPSA) is 217 Å². The minimum atomic E-state index is -1.52. The maximum absolute atomic E-state index is 13.0. The number of carbonyl (C=O) groups is 4. The fraction of sp³-hybridized carbons (Fsp3) is 0.273. The molecule has 2 aliphatic heterocycles. The van der Waals surface area contributed by atoms with Crippen LogP contribution in [0.5, 0.6) is 0 Å². The van der Waals surface area contributed by atoms with Crippen LogP contribution >= 0.6 is 34.9 Å². The van der Waals surface area contributed by atoms with Gasteiger partial charge in [-0.25, -0.2) is 14.3 Å². The summed E-state index contributed by atoms with van der Waals surface area (Å²) in [5.74, 6) is -3.94. The van der Waals surface area contributed by atoms with Crippen molar-refractivity contribution in [3.05, 3.63) is 40.8 Å². The Hall–Kier alpha value is -4.16. The van der Waals surface area contributed by atoms with E-state index < -0.39 is 41.8 Å². The first kappa shape index (κ1) is 27.4. The Morgan fingerprint density at radius 1 is 1.43 bits per heavy atom. The number of oxime groups is 1. The van der Waals surface area contributed by atoms with Crippen molar-refractivity contribution in [2.75, 3.05) is 23.8 Å². The van der Waals surface area contributed by atoms with Crippen LogP contribution in [0.1, 0.15) is 5.69 Å². The van der Waals surface area contributed by atoms with E-state index in [-0.39, 0.29) is 33.7 Å². The molecule has 1 unspecified atom stereocenters. The van der Waals surface area contributed by atoms with E-state index in [0.717, 1.165) is 16.2 Å². The maximum atomic E-state index is 13.0. The largest absolute Gasteiger partial charge is 0.543 e. The number of hydrogen-bond donors (Lipinski definition) is 3. The van der Waals surface area contributed by atoms with E-state index in [0.29, 0.717) is 21.9 Å². The van der Waals surface area contributed by atoms with Crippen molar-refractivity contribution < 1.29 is 43.2 Å². The van der Waals surface area contributed by atoms with Crippen molar-refractivity contribution in [2.24, 2.45) is 12.2 Å². The molecule has 2 aliphatic rings. The number of carboxylic acids is 2. The minimum Gasteiger partial charge on any atom is -0.543 e. The van der Waals surface area contributed by atoms with Gasteiger partial charge in [-0.2, -0.15) is 4.98 Å². The molecule has 1 fully saturated rings. The molecule has 208 valence electrons. The Bertz CT molecular complexity index is 1600. The fourth-order valence-electron chi connectivity index (χ4n) is 3.91. The number of carbonyl (C=O) groups excluding carboxylic acids is 3. The standard InChI is InChI=1S/C22H19N7O8S3/c1-28-3-2-12-10(4-28)25-22(37-12)40-7-9-6-38-19-15(18(33)29(19)16(9)20(34)35)26-17(32)14(27-36-5-13(30)31)11-8-39-21(23)24-11/h2-4,8,15,19H,5-7H2,1H3,(H4-,23,24,26,30,31,32,34,35)/b27-14-/t15?,19-/m0/s1. The molecule has 40 heavy (non-hydrogen) atoms. The molecule has 2 atom stereocenters. The second-order valence-electron chi connectivity index (χ2n) is 8.41. The molecule has 3 aromatic heterocycles. The van der Waals surface area contributed by atoms with Gasteiger partial charge in [0.2, 0.25) is 6.61 Å². The van der Waals surface area contributed by atoms with Crippen LogP contribution in [-0.2, 0) is 31.1 Å². The highest BCUT2D eigenvalue weighted by Crippen LogP contribution is 2.41. The Labute approximate surface area is 237 Å². The molecule has 4 N–H and O–H groups in total. The lowest BCUT2D eigenvalue weighted by atomic mass is 10.0. The molecule has 3 aromatic rings. The third-order valence-electron chi connectivity index (χ3n) is 5.67. The van der Waals surface area contributed by atoms with Gasteiger partial charge in [0.25, 0.3) is 17.0 Å². The minimum absolute atomic E-state index is 0.0212. The lowest BCUT2D eigenvalue weighted by Crippen LogP contribution is -2.71. The predicted octanol–water partition coefficient (Wildman–Crippen LogP) is -1.31. The second kappa shape index (κ2) is 11.1. The SMILES string of the molecule is C[n+]1ccc2oc(SCC3=C(C(=O)[O-])N4C(=O)C(NC(=O)/C(=N\OCC(=O)O)c5csc(N)n5)[C@@H]4SC3)nc2c1. The molecule has 18 heteroatoms. The number of β-lactam (4-membered cyclic amide) rings is 1. The number of nitrogen functional groups attached to an aromatic ring is 1. The first-order valence-electron chi connectivity index (χ1n) is 11.3. The number of aromatic nitrogens is 3. The zero-order valence-corrected chi connectivity index (χ0v) is 22.9. The van der Waals surface area contributed by atoms with Gasteiger partial charge in [-0.1, -0.05) is 16.9 Å². The summed E-state index contributed by atoms with van der Waals surface area (Å²) in [7, 11) is 1.85. The number of thioether (sulfide) groups is 2. The molecule has 0 bridgehead atoms. The van der Waals surface area contributed by atoms with Crippen LogP contribution in [0.4, 0.5) is 5.13 Å². The summed E-state index contributed by atoms with van der Waals surface area (Å²) in [6.45, 7) is -0.812. The number of hydrogen-bond acceptors (Lipinski definition) is 14. The first-order valence-corrected chi connectivity index (χ1v) is 14.2. The quantitative estimate of drug-likeness (QED) is 0.0805. The number of oxazole rings is 1. The van der Waals surface area contributed by atoms with Gasteiger partial charge in [0.1, 0.15) is 24.2 Å². The van der Waals surface area contributed by atoms with Crippen molar-refractivity contribution >= 4 is 80.6 Å². The van der Waals surface area contributed by atoms with Crippen molar-refractivity contribution in [2.45, 2.75) is 16.6 Å². The lowest BCUT2D eigenvalue weighted by molar-refractivity contribution is -0.670. The Balaban J connectivity index is 1.30. The molecule has 15 nitrogen and oxygen atoms in total. The molecule has 0 radical (unpaired) electrons. The summed E-state index contributed by atoms with van der Waals surface area (Å²) in [5, 5.41) is 28.1. The highest BCUT2D eigenvalue weighted by molar-refractivity contribution is 8.01.